The van der Waals surface area contributed by atoms with Crippen molar-refractivity contribution in [1.82, 2.24) is 9.80 Å². The first-order valence-electron chi connectivity index (χ1n) is 8.44. The Labute approximate surface area is 137 Å². The van der Waals surface area contributed by atoms with Crippen molar-refractivity contribution >= 4 is 17.5 Å². The first-order valence-corrected chi connectivity index (χ1v) is 8.44. The van der Waals surface area contributed by atoms with Gasteiger partial charge in [-0.2, -0.15) is 0 Å². The van der Waals surface area contributed by atoms with Crippen LogP contribution in [0.4, 0.5) is 5.69 Å². The summed E-state index contributed by atoms with van der Waals surface area (Å²) in [4.78, 5) is 29.8. The monoisotopic (exact) mass is 315 g/mol. The van der Waals surface area contributed by atoms with E-state index in [1.165, 1.54) is 11.3 Å². The highest BCUT2D eigenvalue weighted by atomic mass is 16.2. The lowest BCUT2D eigenvalue weighted by Crippen LogP contribution is -2.50. The Morgan fingerprint density at radius 3 is 2.43 bits per heavy atom. The SMILES string of the molecule is CC(=O)N1CCN(C(=O)CCN2c3ccccc3CC2C)CC1. The van der Waals surface area contributed by atoms with Crippen LogP contribution in [0.2, 0.25) is 0 Å². The Hall–Kier alpha value is -2.04. The normalized spacial score (nSPS) is 20.6. The molecule has 2 aliphatic rings. The number of benzene rings is 1. The van der Waals surface area contributed by atoms with E-state index < -0.39 is 0 Å². The maximum Gasteiger partial charge on any atom is 0.224 e. The summed E-state index contributed by atoms with van der Waals surface area (Å²) < 4.78 is 0. The molecule has 0 saturated carbocycles. The Morgan fingerprint density at radius 1 is 1.09 bits per heavy atom. The average Bonchev–Trinajstić information content (AvgIpc) is 2.88. The third-order valence-corrected chi connectivity index (χ3v) is 4.99. The average molecular weight is 315 g/mol. The highest BCUT2D eigenvalue weighted by Crippen LogP contribution is 2.31. The number of amides is 2. The van der Waals surface area contributed by atoms with Crippen molar-refractivity contribution < 1.29 is 9.59 Å². The van der Waals surface area contributed by atoms with Gasteiger partial charge in [0.1, 0.15) is 0 Å². The summed E-state index contributed by atoms with van der Waals surface area (Å²) >= 11 is 0. The predicted molar refractivity (Wildman–Crippen MR) is 90.4 cm³/mol. The molecule has 0 radical (unpaired) electrons. The number of carbonyl (C=O) groups is 2. The second kappa shape index (κ2) is 6.60. The molecule has 2 heterocycles. The van der Waals surface area contributed by atoms with E-state index in [4.69, 9.17) is 0 Å². The van der Waals surface area contributed by atoms with E-state index in [0.29, 0.717) is 38.6 Å². The number of carbonyl (C=O) groups excluding carboxylic acids is 2. The molecule has 3 rings (SSSR count). The Balaban J connectivity index is 1.53. The van der Waals surface area contributed by atoms with Gasteiger partial charge in [0.05, 0.1) is 0 Å². The van der Waals surface area contributed by atoms with E-state index in [1.54, 1.807) is 6.92 Å². The number of hydrogen-bond donors (Lipinski definition) is 0. The Bertz CT molecular complexity index is 594. The van der Waals surface area contributed by atoms with Gasteiger partial charge in [-0.25, -0.2) is 0 Å². The van der Waals surface area contributed by atoms with Gasteiger partial charge in [0.15, 0.2) is 0 Å². The first kappa shape index (κ1) is 15.8. The number of piperazine rings is 1. The predicted octanol–water partition coefficient (Wildman–Crippen LogP) is 1.52. The molecule has 1 fully saturated rings. The lowest BCUT2D eigenvalue weighted by atomic mass is 10.1. The van der Waals surface area contributed by atoms with Gasteiger partial charge in [-0.15, -0.1) is 0 Å². The van der Waals surface area contributed by atoms with Gasteiger partial charge in [-0.05, 0) is 25.0 Å². The molecular formula is C18H25N3O2. The van der Waals surface area contributed by atoms with Crippen molar-refractivity contribution in [2.45, 2.75) is 32.7 Å². The fraction of sp³-hybridized carbons (Fsp3) is 0.556. The molecule has 2 amide bonds. The number of fused-ring (bicyclic) bond motifs is 1. The molecule has 1 unspecified atom stereocenters. The molecule has 5 nitrogen and oxygen atoms in total. The fourth-order valence-electron chi connectivity index (χ4n) is 3.62. The molecule has 1 saturated heterocycles. The van der Waals surface area contributed by atoms with Gasteiger partial charge in [-0.3, -0.25) is 9.59 Å². The summed E-state index contributed by atoms with van der Waals surface area (Å²) in [6, 6.07) is 8.92. The van der Waals surface area contributed by atoms with Gasteiger partial charge < -0.3 is 14.7 Å². The van der Waals surface area contributed by atoms with Crippen molar-refractivity contribution in [2.24, 2.45) is 0 Å². The van der Waals surface area contributed by atoms with Crippen LogP contribution in [0.3, 0.4) is 0 Å². The van der Waals surface area contributed by atoms with Crippen LogP contribution in [0, 0.1) is 0 Å². The molecule has 23 heavy (non-hydrogen) atoms. The van der Waals surface area contributed by atoms with Crippen LogP contribution in [0.25, 0.3) is 0 Å². The first-order chi connectivity index (χ1) is 11.1. The lowest BCUT2D eigenvalue weighted by Gasteiger charge is -2.35. The minimum Gasteiger partial charge on any atom is -0.368 e. The van der Waals surface area contributed by atoms with Crippen LogP contribution >= 0.6 is 0 Å². The fourth-order valence-corrected chi connectivity index (χ4v) is 3.62. The van der Waals surface area contributed by atoms with Gasteiger partial charge in [-0.1, -0.05) is 18.2 Å². The molecular weight excluding hydrogens is 290 g/mol. The summed E-state index contributed by atoms with van der Waals surface area (Å²) in [5, 5.41) is 0. The molecule has 0 bridgehead atoms. The highest BCUT2D eigenvalue weighted by Gasteiger charge is 2.27. The van der Waals surface area contributed by atoms with E-state index >= 15 is 0 Å². The zero-order valence-corrected chi connectivity index (χ0v) is 14.0. The van der Waals surface area contributed by atoms with Crippen molar-refractivity contribution in [2.75, 3.05) is 37.6 Å². The number of para-hydroxylation sites is 1. The second-order valence-corrected chi connectivity index (χ2v) is 6.51. The molecule has 0 aromatic heterocycles. The number of anilines is 1. The van der Waals surface area contributed by atoms with Crippen LogP contribution in [0.5, 0.6) is 0 Å². The van der Waals surface area contributed by atoms with Gasteiger partial charge in [0.25, 0.3) is 0 Å². The number of nitrogens with zero attached hydrogens (tertiary/aromatic N) is 3. The summed E-state index contributed by atoms with van der Waals surface area (Å²) in [7, 11) is 0. The smallest absolute Gasteiger partial charge is 0.224 e. The molecule has 0 spiro atoms. The minimum atomic E-state index is 0.0968. The summed E-state index contributed by atoms with van der Waals surface area (Å²) in [5.41, 5.74) is 2.65. The summed E-state index contributed by atoms with van der Waals surface area (Å²) in [5.74, 6) is 0.296. The van der Waals surface area contributed by atoms with Crippen molar-refractivity contribution in [3.05, 3.63) is 29.8 Å². The van der Waals surface area contributed by atoms with Gasteiger partial charge in [0.2, 0.25) is 11.8 Å². The molecule has 5 heteroatoms. The van der Waals surface area contributed by atoms with Gasteiger partial charge >= 0.3 is 0 Å². The van der Waals surface area contributed by atoms with Crippen molar-refractivity contribution in [1.29, 1.82) is 0 Å². The standard InChI is InChI=1S/C18H25N3O2/c1-14-13-16-5-3-4-6-17(16)21(14)8-7-18(23)20-11-9-19(10-12-20)15(2)22/h3-6,14H,7-13H2,1-2H3. The van der Waals surface area contributed by atoms with Crippen molar-refractivity contribution in [3.8, 4) is 0 Å². The maximum atomic E-state index is 12.4. The lowest BCUT2D eigenvalue weighted by molar-refractivity contribution is -0.138. The summed E-state index contributed by atoms with van der Waals surface area (Å²) in [6.45, 7) is 7.20. The summed E-state index contributed by atoms with van der Waals surface area (Å²) in [6.07, 6.45) is 1.60. The van der Waals surface area contributed by atoms with Crippen LogP contribution in [-0.4, -0.2) is 60.4 Å². The third-order valence-electron chi connectivity index (χ3n) is 4.99. The molecule has 1 aromatic carbocycles. The van der Waals surface area contributed by atoms with Gasteiger partial charge in [0, 0.05) is 57.8 Å². The van der Waals surface area contributed by atoms with E-state index in [2.05, 4.69) is 36.1 Å². The topological polar surface area (TPSA) is 43.9 Å². The second-order valence-electron chi connectivity index (χ2n) is 6.51. The Morgan fingerprint density at radius 2 is 1.74 bits per heavy atom. The van der Waals surface area contributed by atoms with Crippen LogP contribution in [-0.2, 0) is 16.0 Å². The minimum absolute atomic E-state index is 0.0968. The quantitative estimate of drug-likeness (QED) is 0.849. The zero-order chi connectivity index (χ0) is 16.4. The van der Waals surface area contributed by atoms with Crippen LogP contribution < -0.4 is 4.90 Å². The van der Waals surface area contributed by atoms with E-state index in [-0.39, 0.29) is 11.8 Å². The van der Waals surface area contributed by atoms with Crippen molar-refractivity contribution in [3.63, 3.8) is 0 Å². The largest absolute Gasteiger partial charge is 0.368 e. The van der Waals surface area contributed by atoms with E-state index in [0.717, 1.165) is 13.0 Å². The zero-order valence-electron chi connectivity index (χ0n) is 14.0. The molecule has 0 aliphatic carbocycles. The molecule has 1 atom stereocenters. The molecule has 1 aromatic rings. The number of rotatable bonds is 3. The molecule has 0 N–H and O–H groups in total. The highest BCUT2D eigenvalue weighted by molar-refractivity contribution is 5.78. The number of hydrogen-bond acceptors (Lipinski definition) is 3. The Kier molecular flexibility index (Phi) is 4.55. The molecule has 2 aliphatic heterocycles. The van der Waals surface area contributed by atoms with E-state index in [1.807, 2.05) is 9.80 Å². The third kappa shape index (κ3) is 3.33. The van der Waals surface area contributed by atoms with Crippen LogP contribution in [0.1, 0.15) is 25.8 Å². The van der Waals surface area contributed by atoms with Crippen LogP contribution in [0.15, 0.2) is 24.3 Å². The molecule has 124 valence electrons. The maximum absolute atomic E-state index is 12.4. The van der Waals surface area contributed by atoms with E-state index in [9.17, 15) is 9.59 Å².